The van der Waals surface area contributed by atoms with E-state index >= 15 is 0 Å². The van der Waals surface area contributed by atoms with Crippen molar-refractivity contribution in [1.82, 2.24) is 24.6 Å². The van der Waals surface area contributed by atoms with Gasteiger partial charge in [-0.3, -0.25) is 14.6 Å². The molecule has 252 valence electrons. The van der Waals surface area contributed by atoms with Crippen molar-refractivity contribution in [3.8, 4) is 28.6 Å². The van der Waals surface area contributed by atoms with Gasteiger partial charge in [0.05, 0.1) is 37.3 Å². The van der Waals surface area contributed by atoms with E-state index in [0.29, 0.717) is 45.9 Å². The number of esters is 1. The van der Waals surface area contributed by atoms with Gasteiger partial charge < -0.3 is 14.6 Å². The maximum atomic E-state index is 14.5. The topological polar surface area (TPSA) is 129 Å². The average molecular weight is 671 g/mol. The largest absolute Gasteiger partial charge is 0.465 e. The fourth-order valence-corrected chi connectivity index (χ4v) is 6.90. The van der Waals surface area contributed by atoms with Crippen LogP contribution in [0.3, 0.4) is 0 Å². The van der Waals surface area contributed by atoms with Crippen molar-refractivity contribution in [3.05, 3.63) is 76.6 Å². The molecule has 0 unspecified atom stereocenters. The van der Waals surface area contributed by atoms with Gasteiger partial charge in [-0.2, -0.15) is 18.4 Å². The molecule has 1 saturated carbocycles. The average Bonchev–Trinajstić information content (AvgIpc) is 3.33. The number of amides is 1. The van der Waals surface area contributed by atoms with Crippen LogP contribution in [-0.4, -0.2) is 63.3 Å². The van der Waals surface area contributed by atoms with E-state index < -0.39 is 23.6 Å². The lowest BCUT2D eigenvalue weighted by molar-refractivity contribution is -0.138. The normalized spacial score (nSPS) is 16.6. The van der Waals surface area contributed by atoms with Crippen LogP contribution in [0.15, 0.2) is 48.8 Å². The van der Waals surface area contributed by atoms with Crippen LogP contribution in [0.1, 0.15) is 63.1 Å². The highest BCUT2D eigenvalue weighted by Crippen LogP contribution is 2.53. The number of aromatic nitrogens is 4. The highest BCUT2D eigenvalue weighted by Gasteiger charge is 2.48. The molecule has 1 saturated heterocycles. The van der Waals surface area contributed by atoms with Gasteiger partial charge in [-0.1, -0.05) is 6.07 Å². The van der Waals surface area contributed by atoms with Crippen molar-refractivity contribution in [2.24, 2.45) is 12.5 Å². The minimum absolute atomic E-state index is 0.0126. The summed E-state index contributed by atoms with van der Waals surface area (Å²) in [7, 11) is 3.03. The first-order valence-corrected chi connectivity index (χ1v) is 16.0. The fourth-order valence-electron chi connectivity index (χ4n) is 6.90. The Morgan fingerprint density at radius 3 is 2.59 bits per heavy atom. The van der Waals surface area contributed by atoms with Gasteiger partial charge in [0.25, 0.3) is 5.91 Å². The second-order valence-electron chi connectivity index (χ2n) is 13.0. The van der Waals surface area contributed by atoms with E-state index in [-0.39, 0.29) is 42.0 Å². The van der Waals surface area contributed by atoms with Crippen LogP contribution in [-0.2, 0) is 31.1 Å². The molecular weight excluding hydrogens is 637 g/mol. The lowest BCUT2D eigenvalue weighted by atomic mass is 9.97. The molecule has 4 heterocycles. The number of alkyl halides is 3. The Bertz CT molecular complexity index is 2010. The number of nitrogens with one attached hydrogen (secondary N) is 1. The molecule has 2 fully saturated rings. The lowest BCUT2D eigenvalue weighted by Crippen LogP contribution is -2.24. The number of nitriles is 1. The number of hydrogen-bond acceptors (Lipinski definition) is 9. The van der Waals surface area contributed by atoms with Crippen molar-refractivity contribution in [3.63, 3.8) is 0 Å². The first-order valence-electron chi connectivity index (χ1n) is 16.0. The zero-order valence-corrected chi connectivity index (χ0v) is 27.0. The number of rotatable bonds is 9. The summed E-state index contributed by atoms with van der Waals surface area (Å²) in [4.78, 5) is 34.5. The third-order valence-electron chi connectivity index (χ3n) is 9.62. The number of carbonyl (C=O) groups excluding carboxylic acids is 2. The Balaban J connectivity index is 1.30. The van der Waals surface area contributed by atoms with E-state index in [1.807, 2.05) is 0 Å². The van der Waals surface area contributed by atoms with Crippen molar-refractivity contribution in [1.29, 1.82) is 5.26 Å². The summed E-state index contributed by atoms with van der Waals surface area (Å²) in [6, 6.07) is 13.1. The maximum absolute atomic E-state index is 14.5. The van der Waals surface area contributed by atoms with Crippen LogP contribution in [0.2, 0.25) is 0 Å². The Labute approximate surface area is 280 Å². The van der Waals surface area contributed by atoms with Gasteiger partial charge in [0, 0.05) is 37.8 Å². The third-order valence-corrected chi connectivity index (χ3v) is 9.62. The molecule has 0 atom stereocenters. The molecule has 49 heavy (non-hydrogen) atoms. The summed E-state index contributed by atoms with van der Waals surface area (Å²) >= 11 is 0. The summed E-state index contributed by atoms with van der Waals surface area (Å²) < 4.78 is 50.2. The van der Waals surface area contributed by atoms with E-state index in [0.717, 1.165) is 32.4 Å². The van der Waals surface area contributed by atoms with Gasteiger partial charge in [0.2, 0.25) is 0 Å². The molecule has 4 aromatic rings. The van der Waals surface area contributed by atoms with E-state index in [1.54, 1.807) is 48.0 Å². The van der Waals surface area contributed by atoms with E-state index in [9.17, 15) is 22.8 Å². The zero-order chi connectivity index (χ0) is 34.5. The van der Waals surface area contributed by atoms with Gasteiger partial charge in [-0.05, 0) is 89.9 Å². The van der Waals surface area contributed by atoms with Crippen LogP contribution in [0, 0.1) is 16.7 Å². The number of methoxy groups -OCH3 is 1. The monoisotopic (exact) mass is 670 g/mol. The van der Waals surface area contributed by atoms with Crippen LogP contribution in [0.4, 0.5) is 24.8 Å². The second kappa shape index (κ2) is 12.3. The summed E-state index contributed by atoms with van der Waals surface area (Å²) in [5.74, 6) is -0.252. The highest BCUT2D eigenvalue weighted by atomic mass is 19.4. The van der Waals surface area contributed by atoms with E-state index in [4.69, 9.17) is 10.00 Å². The number of fused-ring (bicyclic) bond motifs is 1. The molecule has 14 heteroatoms. The van der Waals surface area contributed by atoms with Crippen LogP contribution < -0.4 is 10.2 Å². The first kappa shape index (κ1) is 32.3. The number of pyridine rings is 1. The van der Waals surface area contributed by atoms with Gasteiger partial charge in [0.1, 0.15) is 18.0 Å². The molecule has 2 aromatic heterocycles. The van der Waals surface area contributed by atoms with E-state index in [2.05, 4.69) is 31.5 Å². The van der Waals surface area contributed by atoms with Gasteiger partial charge in [-0.15, -0.1) is 10.2 Å². The van der Waals surface area contributed by atoms with Crippen LogP contribution in [0.25, 0.3) is 22.5 Å². The van der Waals surface area contributed by atoms with Crippen molar-refractivity contribution >= 4 is 23.5 Å². The van der Waals surface area contributed by atoms with Crippen molar-refractivity contribution < 1.29 is 27.5 Å². The number of halogens is 3. The number of nitrogens with zero attached hydrogens (tertiary/aromatic N) is 7. The minimum Gasteiger partial charge on any atom is -0.465 e. The number of carbonyl (C=O) groups is 2. The quantitative estimate of drug-likeness (QED) is 0.173. The predicted molar refractivity (Wildman–Crippen MR) is 173 cm³/mol. The Hall–Kier alpha value is -5.29. The van der Waals surface area contributed by atoms with Gasteiger partial charge >= 0.3 is 12.1 Å². The van der Waals surface area contributed by atoms with Crippen molar-refractivity contribution in [2.45, 2.75) is 44.9 Å². The smallest absolute Gasteiger partial charge is 0.416 e. The maximum Gasteiger partial charge on any atom is 0.416 e. The summed E-state index contributed by atoms with van der Waals surface area (Å²) in [6.45, 7) is 1.96. The molecule has 1 aliphatic carbocycles. The van der Waals surface area contributed by atoms with Crippen LogP contribution >= 0.6 is 0 Å². The molecule has 1 spiro atoms. The number of ether oxygens (including phenoxy) is 1. The summed E-state index contributed by atoms with van der Waals surface area (Å²) in [5.41, 5.74) is 1.82. The number of benzene rings is 2. The predicted octanol–water partition coefficient (Wildman–Crippen LogP) is 5.82. The molecule has 11 nitrogen and oxygen atoms in total. The van der Waals surface area contributed by atoms with Gasteiger partial charge in [0.15, 0.2) is 5.82 Å². The van der Waals surface area contributed by atoms with Gasteiger partial charge in [-0.25, -0.2) is 9.78 Å². The number of anilines is 2. The molecule has 1 N–H and O–H groups in total. The molecule has 1 amide bonds. The minimum atomic E-state index is -4.66. The number of aryl methyl sites for hydroxylation is 1. The Morgan fingerprint density at radius 1 is 1.10 bits per heavy atom. The molecule has 2 aromatic carbocycles. The fraction of sp³-hybridized carbons (Fsp3) is 0.371. The summed E-state index contributed by atoms with van der Waals surface area (Å²) in [5, 5.41) is 20.4. The van der Waals surface area contributed by atoms with Crippen LogP contribution in [0.5, 0.6) is 0 Å². The molecular formula is C35H33F3N8O3. The third kappa shape index (κ3) is 6.22. The number of hydrogen-bond donors (Lipinski definition) is 1. The van der Waals surface area contributed by atoms with E-state index in [1.165, 1.54) is 24.4 Å². The SMILES string of the molecule is COC(=O)c1ccc(-c2cc(NCCC#N)nc(N3Cc4c(cc(CN5CCC6(CC6)C5)cc4C(F)(F)F)C3=O)c2)c(-c2nncn2C)c1. The Morgan fingerprint density at radius 2 is 1.92 bits per heavy atom. The standard InChI is InChI=1S/C35H33F3N8O3/c1-44-20-41-43-31(44)25-14-22(33(48)49-2)4-5-24(25)23-15-29(40-10-3-9-39)42-30(16-23)46-18-27-26(32(46)47)12-21(13-28(27)35(36,37)38)17-45-11-8-34(19-45)6-7-34/h4-5,12-16,20H,3,6-8,10-11,17-19H2,1-2H3,(H,40,42). The molecule has 0 radical (unpaired) electrons. The molecule has 0 bridgehead atoms. The van der Waals surface area contributed by atoms with Crippen molar-refractivity contribution in [2.75, 3.05) is 37.0 Å². The molecule has 2 aliphatic heterocycles. The Kier molecular flexibility index (Phi) is 8.10. The number of likely N-dealkylation sites (tertiary alicyclic amines) is 1. The highest BCUT2D eigenvalue weighted by molar-refractivity contribution is 6.10. The molecule has 7 rings (SSSR count). The lowest BCUT2D eigenvalue weighted by Gasteiger charge is -2.19. The molecule has 3 aliphatic rings. The second-order valence-corrected chi connectivity index (χ2v) is 13.0. The summed E-state index contributed by atoms with van der Waals surface area (Å²) in [6.07, 6.45) is 0.381. The first-order chi connectivity index (χ1) is 23.5. The zero-order valence-electron chi connectivity index (χ0n) is 27.0.